The van der Waals surface area contributed by atoms with E-state index in [1.54, 1.807) is 36.5 Å². The van der Waals surface area contributed by atoms with Gasteiger partial charge in [-0.1, -0.05) is 24.3 Å². The third kappa shape index (κ3) is 3.91. The average molecular weight is 396 g/mol. The molecule has 0 spiro atoms. The van der Waals surface area contributed by atoms with Gasteiger partial charge >= 0.3 is 0 Å². The highest BCUT2D eigenvalue weighted by molar-refractivity contribution is 7.79. The fraction of sp³-hybridized carbons (Fsp3) is 0.0952. The number of thiol groups is 2. The summed E-state index contributed by atoms with van der Waals surface area (Å²) in [5.74, 6) is -0.219. The second-order valence-corrected chi connectivity index (χ2v) is 6.54. The molecule has 3 aromatic rings. The van der Waals surface area contributed by atoms with Crippen LogP contribution in [0.1, 0.15) is 43.0 Å². The zero-order chi connectivity index (χ0) is 19.4. The van der Waals surface area contributed by atoms with Gasteiger partial charge in [-0.25, -0.2) is 0 Å². The number of rotatable bonds is 6. The standard InChI is InChI=1S/C21H17NO3S2/c23-19(14-4-1-3-13(9-14)11-26)17-5-2-6-18(21(17)25)20(24)16-7-8-22-10-15(16)12-27/h1-10,25-27H,11-12H2. The second kappa shape index (κ2) is 8.41. The van der Waals surface area contributed by atoms with Crippen LogP contribution in [0.15, 0.2) is 60.9 Å². The van der Waals surface area contributed by atoms with Crippen molar-refractivity contribution in [3.63, 3.8) is 0 Å². The van der Waals surface area contributed by atoms with Gasteiger partial charge in [0.25, 0.3) is 0 Å². The van der Waals surface area contributed by atoms with Gasteiger partial charge in [0.15, 0.2) is 11.6 Å². The Balaban J connectivity index is 2.03. The molecule has 0 aliphatic heterocycles. The summed E-state index contributed by atoms with van der Waals surface area (Å²) >= 11 is 8.44. The maximum Gasteiger partial charge on any atom is 0.197 e. The lowest BCUT2D eigenvalue weighted by atomic mass is 9.94. The van der Waals surface area contributed by atoms with Gasteiger partial charge in [0, 0.05) is 35.0 Å². The molecule has 2 aromatic carbocycles. The van der Waals surface area contributed by atoms with Crippen molar-refractivity contribution in [3.8, 4) is 5.75 Å². The number of benzene rings is 2. The minimum absolute atomic E-state index is 0.0698. The summed E-state index contributed by atoms with van der Waals surface area (Å²) in [6.07, 6.45) is 3.07. The molecule has 136 valence electrons. The fourth-order valence-electron chi connectivity index (χ4n) is 2.80. The summed E-state index contributed by atoms with van der Waals surface area (Å²) in [7, 11) is 0. The summed E-state index contributed by atoms with van der Waals surface area (Å²) in [6.45, 7) is 0. The largest absolute Gasteiger partial charge is 0.506 e. The number of phenols is 1. The van der Waals surface area contributed by atoms with Crippen LogP contribution in [-0.2, 0) is 11.5 Å². The number of phenolic OH excluding ortho intramolecular Hbond substituents is 1. The smallest absolute Gasteiger partial charge is 0.197 e. The van der Waals surface area contributed by atoms with Crippen LogP contribution in [0.25, 0.3) is 0 Å². The second-order valence-electron chi connectivity index (χ2n) is 5.91. The van der Waals surface area contributed by atoms with Gasteiger partial charge in [0.05, 0.1) is 11.1 Å². The molecule has 0 bridgehead atoms. The summed E-state index contributed by atoms with van der Waals surface area (Å²) in [4.78, 5) is 29.8. The molecule has 1 aromatic heterocycles. The minimum Gasteiger partial charge on any atom is -0.506 e. The molecule has 4 nitrogen and oxygen atoms in total. The maximum atomic E-state index is 12.9. The normalized spacial score (nSPS) is 10.6. The predicted octanol–water partition coefficient (Wildman–Crippen LogP) is 4.11. The average Bonchev–Trinajstić information content (AvgIpc) is 2.73. The van der Waals surface area contributed by atoms with E-state index in [1.165, 1.54) is 18.3 Å². The number of ketones is 2. The molecule has 0 fully saturated rings. The molecule has 0 atom stereocenters. The molecule has 0 aliphatic rings. The molecule has 0 amide bonds. The third-order valence-corrected chi connectivity index (χ3v) is 4.92. The number of carbonyl (C=O) groups excluding carboxylic acids is 2. The third-order valence-electron chi connectivity index (χ3n) is 4.22. The molecule has 1 N–H and O–H groups in total. The van der Waals surface area contributed by atoms with Gasteiger partial charge < -0.3 is 5.11 Å². The Bertz CT molecular complexity index is 1020. The molecule has 0 radical (unpaired) electrons. The van der Waals surface area contributed by atoms with Crippen molar-refractivity contribution in [1.29, 1.82) is 0 Å². The molecule has 0 unspecified atom stereocenters. The first-order valence-electron chi connectivity index (χ1n) is 8.21. The van der Waals surface area contributed by atoms with Crippen LogP contribution in [0.4, 0.5) is 0 Å². The lowest BCUT2D eigenvalue weighted by molar-refractivity contribution is 0.103. The van der Waals surface area contributed by atoms with E-state index in [-0.39, 0.29) is 28.4 Å². The van der Waals surface area contributed by atoms with Crippen molar-refractivity contribution in [1.82, 2.24) is 4.98 Å². The molecule has 27 heavy (non-hydrogen) atoms. The van der Waals surface area contributed by atoms with Crippen LogP contribution in [-0.4, -0.2) is 21.7 Å². The van der Waals surface area contributed by atoms with E-state index >= 15 is 0 Å². The number of aromatic nitrogens is 1. The summed E-state index contributed by atoms with van der Waals surface area (Å²) < 4.78 is 0. The van der Waals surface area contributed by atoms with Crippen molar-refractivity contribution in [2.45, 2.75) is 11.5 Å². The SMILES string of the molecule is O=C(c1cccc(CS)c1)c1cccc(C(=O)c2ccncc2CS)c1O. The van der Waals surface area contributed by atoms with E-state index in [4.69, 9.17) is 0 Å². The number of pyridine rings is 1. The highest BCUT2D eigenvalue weighted by atomic mass is 32.1. The molecule has 3 rings (SSSR count). The fourth-order valence-corrected chi connectivity index (χ4v) is 3.24. The highest BCUT2D eigenvalue weighted by Gasteiger charge is 2.22. The molecular formula is C21H17NO3S2. The van der Waals surface area contributed by atoms with Gasteiger partial charge in [0.2, 0.25) is 0 Å². The van der Waals surface area contributed by atoms with Crippen LogP contribution in [0.3, 0.4) is 0 Å². The summed E-state index contributed by atoms with van der Waals surface area (Å²) in [6, 6.07) is 13.2. The Hall–Kier alpha value is -2.57. The van der Waals surface area contributed by atoms with Gasteiger partial charge in [-0.2, -0.15) is 25.3 Å². The zero-order valence-corrected chi connectivity index (χ0v) is 16.1. The van der Waals surface area contributed by atoms with Gasteiger partial charge in [-0.3, -0.25) is 14.6 Å². The molecule has 0 aliphatic carbocycles. The first kappa shape index (κ1) is 19.2. The number of hydrogen-bond acceptors (Lipinski definition) is 6. The van der Waals surface area contributed by atoms with E-state index in [0.717, 1.165) is 5.56 Å². The maximum absolute atomic E-state index is 12.9. The van der Waals surface area contributed by atoms with E-state index in [0.29, 0.717) is 28.2 Å². The molecule has 0 saturated heterocycles. The van der Waals surface area contributed by atoms with Gasteiger partial charge in [0.1, 0.15) is 5.75 Å². The van der Waals surface area contributed by atoms with E-state index in [9.17, 15) is 14.7 Å². The number of aromatic hydroxyl groups is 1. The summed E-state index contributed by atoms with van der Waals surface area (Å²) in [5.41, 5.74) is 2.53. The first-order chi connectivity index (χ1) is 13.1. The predicted molar refractivity (Wildman–Crippen MR) is 111 cm³/mol. The van der Waals surface area contributed by atoms with Crippen LogP contribution >= 0.6 is 25.3 Å². The van der Waals surface area contributed by atoms with E-state index in [1.807, 2.05) is 6.07 Å². The van der Waals surface area contributed by atoms with Crippen molar-refractivity contribution < 1.29 is 14.7 Å². The van der Waals surface area contributed by atoms with Crippen molar-refractivity contribution in [3.05, 3.63) is 94.3 Å². The lowest BCUT2D eigenvalue weighted by Crippen LogP contribution is -2.09. The Labute approximate surface area is 168 Å². The van der Waals surface area contributed by atoms with Crippen molar-refractivity contribution in [2.75, 3.05) is 0 Å². The summed E-state index contributed by atoms with van der Waals surface area (Å²) in [5, 5.41) is 10.7. The van der Waals surface area contributed by atoms with Crippen LogP contribution in [0.5, 0.6) is 5.75 Å². The molecule has 6 heteroatoms. The topological polar surface area (TPSA) is 67.3 Å². The Morgan fingerprint density at radius 2 is 1.59 bits per heavy atom. The first-order valence-corrected chi connectivity index (χ1v) is 9.48. The Morgan fingerprint density at radius 3 is 2.30 bits per heavy atom. The van der Waals surface area contributed by atoms with Crippen molar-refractivity contribution >= 4 is 36.8 Å². The van der Waals surface area contributed by atoms with Crippen LogP contribution in [0, 0.1) is 0 Å². The molecule has 0 saturated carbocycles. The number of para-hydroxylation sites is 1. The lowest BCUT2D eigenvalue weighted by Gasteiger charge is -2.11. The van der Waals surface area contributed by atoms with E-state index < -0.39 is 0 Å². The Kier molecular flexibility index (Phi) is 5.98. The van der Waals surface area contributed by atoms with Crippen LogP contribution in [0.2, 0.25) is 0 Å². The number of hydrogen-bond donors (Lipinski definition) is 3. The van der Waals surface area contributed by atoms with Gasteiger partial charge in [-0.05, 0) is 35.4 Å². The van der Waals surface area contributed by atoms with E-state index in [2.05, 4.69) is 30.2 Å². The monoisotopic (exact) mass is 395 g/mol. The van der Waals surface area contributed by atoms with Gasteiger partial charge in [-0.15, -0.1) is 0 Å². The number of carbonyl (C=O) groups is 2. The molecule has 1 heterocycles. The quantitative estimate of drug-likeness (QED) is 0.434. The highest BCUT2D eigenvalue weighted by Crippen LogP contribution is 2.28. The number of nitrogens with zero attached hydrogens (tertiary/aromatic N) is 1. The van der Waals surface area contributed by atoms with Crippen molar-refractivity contribution in [2.24, 2.45) is 0 Å². The zero-order valence-electron chi connectivity index (χ0n) is 14.3. The Morgan fingerprint density at radius 1 is 0.889 bits per heavy atom. The minimum atomic E-state index is -0.377. The molecular weight excluding hydrogens is 378 g/mol. The van der Waals surface area contributed by atoms with Crippen LogP contribution < -0.4 is 0 Å².